The first-order chi connectivity index (χ1) is 10.6. The van der Waals surface area contributed by atoms with Crippen molar-refractivity contribution in [2.45, 2.75) is 39.2 Å². The van der Waals surface area contributed by atoms with Crippen LogP contribution in [0.15, 0.2) is 18.2 Å². The van der Waals surface area contributed by atoms with Gasteiger partial charge in [-0.3, -0.25) is 4.90 Å². The standard InChI is InChI=1S/C16H27ClN3O3/c1-16(2,3)23-15(21)19(4)11-7-10-18-14-12(17)8-6-9-13(14)20(5)22/h6,8-9,15,18,21H,7,10-11H2,1-5H3/q-1. The predicted octanol–water partition coefficient (Wildman–Crippen LogP) is 3.10. The molecule has 0 heterocycles. The van der Waals surface area contributed by atoms with Crippen molar-refractivity contribution in [2.75, 3.05) is 37.6 Å². The Balaban J connectivity index is 2.46. The summed E-state index contributed by atoms with van der Waals surface area (Å²) in [5.74, 6) is 0. The summed E-state index contributed by atoms with van der Waals surface area (Å²) in [5, 5.41) is 26.0. The number of ether oxygens (including phenoxy) is 1. The number of nitrogens with one attached hydrogen (secondary N) is 1. The van der Waals surface area contributed by atoms with Crippen LogP contribution in [-0.4, -0.2) is 49.2 Å². The average molecular weight is 345 g/mol. The molecule has 1 atom stereocenters. The fraction of sp³-hybridized carbons (Fsp3) is 0.625. The molecule has 0 aliphatic rings. The predicted molar refractivity (Wildman–Crippen MR) is 95.8 cm³/mol. The molecule has 0 aromatic heterocycles. The van der Waals surface area contributed by atoms with Gasteiger partial charge in [0.15, 0.2) is 0 Å². The molecule has 0 saturated carbocycles. The van der Waals surface area contributed by atoms with E-state index in [0.717, 1.165) is 11.5 Å². The molecule has 1 rings (SSSR count). The third-order valence-electron chi connectivity index (χ3n) is 3.16. The number of aliphatic hydroxyl groups is 1. The molecular formula is C16H27ClN3O3-. The van der Waals surface area contributed by atoms with Gasteiger partial charge < -0.3 is 25.4 Å². The van der Waals surface area contributed by atoms with Crippen LogP contribution in [0, 0.1) is 5.21 Å². The van der Waals surface area contributed by atoms with Gasteiger partial charge in [0.25, 0.3) is 0 Å². The van der Waals surface area contributed by atoms with Crippen molar-refractivity contribution >= 4 is 23.0 Å². The molecule has 0 aliphatic carbocycles. The highest BCUT2D eigenvalue weighted by atomic mass is 35.5. The maximum Gasteiger partial charge on any atom is 0.216 e. The smallest absolute Gasteiger partial charge is 0.216 e. The summed E-state index contributed by atoms with van der Waals surface area (Å²) in [5.41, 5.74) is 0.722. The van der Waals surface area contributed by atoms with Gasteiger partial charge >= 0.3 is 0 Å². The lowest BCUT2D eigenvalue weighted by Gasteiger charge is -2.30. The topological polar surface area (TPSA) is 71.0 Å². The Bertz CT molecular complexity index is 492. The van der Waals surface area contributed by atoms with E-state index in [0.29, 0.717) is 29.5 Å². The molecular weight excluding hydrogens is 318 g/mol. The highest BCUT2D eigenvalue weighted by Crippen LogP contribution is 2.32. The first kappa shape index (κ1) is 20.0. The van der Waals surface area contributed by atoms with Crippen molar-refractivity contribution in [3.05, 3.63) is 28.4 Å². The van der Waals surface area contributed by atoms with E-state index < -0.39 is 12.0 Å². The molecule has 23 heavy (non-hydrogen) atoms. The fourth-order valence-electron chi connectivity index (χ4n) is 2.01. The Hall–Kier alpha value is -1.05. The molecule has 6 nitrogen and oxygen atoms in total. The Morgan fingerprint density at radius 3 is 2.57 bits per heavy atom. The number of nitrogens with zero attached hydrogens (tertiary/aromatic N) is 2. The second-order valence-corrected chi connectivity index (χ2v) is 6.86. The van der Waals surface area contributed by atoms with E-state index >= 15 is 0 Å². The summed E-state index contributed by atoms with van der Waals surface area (Å²) in [6.45, 7) is 6.94. The zero-order valence-corrected chi connectivity index (χ0v) is 15.2. The van der Waals surface area contributed by atoms with E-state index in [4.69, 9.17) is 16.3 Å². The molecule has 0 radical (unpaired) electrons. The number of hydroxylamine groups is 1. The molecule has 0 spiro atoms. The minimum absolute atomic E-state index is 0.406. The van der Waals surface area contributed by atoms with Crippen LogP contribution in [0.5, 0.6) is 0 Å². The van der Waals surface area contributed by atoms with Gasteiger partial charge in [-0.05, 0) is 53.4 Å². The molecule has 0 amide bonds. The Labute approximate surface area is 143 Å². The van der Waals surface area contributed by atoms with E-state index in [9.17, 15) is 10.3 Å². The van der Waals surface area contributed by atoms with E-state index in [1.165, 1.54) is 7.05 Å². The summed E-state index contributed by atoms with van der Waals surface area (Å²) in [6.07, 6.45) is -0.187. The van der Waals surface area contributed by atoms with Crippen molar-refractivity contribution in [3.8, 4) is 0 Å². The first-order valence-corrected chi connectivity index (χ1v) is 7.99. The van der Waals surface area contributed by atoms with Crippen molar-refractivity contribution < 1.29 is 9.84 Å². The minimum Gasteiger partial charge on any atom is -0.758 e. The summed E-state index contributed by atoms with van der Waals surface area (Å²) >= 11 is 6.14. The maximum absolute atomic E-state index is 11.5. The highest BCUT2D eigenvalue weighted by Gasteiger charge is 2.19. The van der Waals surface area contributed by atoms with Crippen LogP contribution < -0.4 is 10.4 Å². The summed E-state index contributed by atoms with van der Waals surface area (Å²) in [4.78, 5) is 1.72. The van der Waals surface area contributed by atoms with Crippen LogP contribution in [0.4, 0.5) is 11.4 Å². The second kappa shape index (κ2) is 8.70. The highest BCUT2D eigenvalue weighted by molar-refractivity contribution is 6.34. The second-order valence-electron chi connectivity index (χ2n) is 6.45. The van der Waals surface area contributed by atoms with Gasteiger partial charge in [-0.15, -0.1) is 0 Å². The largest absolute Gasteiger partial charge is 0.758 e. The lowest BCUT2D eigenvalue weighted by Crippen LogP contribution is -2.40. The summed E-state index contributed by atoms with van der Waals surface area (Å²) in [7, 11) is 3.23. The van der Waals surface area contributed by atoms with Crippen LogP contribution in [0.1, 0.15) is 27.2 Å². The van der Waals surface area contributed by atoms with E-state index in [1.54, 1.807) is 30.1 Å². The molecule has 1 unspecified atom stereocenters. The lowest BCUT2D eigenvalue weighted by atomic mass is 10.2. The van der Waals surface area contributed by atoms with Crippen LogP contribution in [0.2, 0.25) is 5.02 Å². The average Bonchev–Trinajstić information content (AvgIpc) is 2.42. The molecule has 2 N–H and O–H groups in total. The van der Waals surface area contributed by atoms with Crippen molar-refractivity contribution in [1.29, 1.82) is 0 Å². The van der Waals surface area contributed by atoms with E-state index in [-0.39, 0.29) is 0 Å². The molecule has 0 fully saturated rings. The number of anilines is 2. The molecule has 0 saturated heterocycles. The number of benzene rings is 1. The quantitative estimate of drug-likeness (QED) is 0.429. The summed E-state index contributed by atoms with van der Waals surface area (Å²) in [6, 6.07) is 5.20. The van der Waals surface area contributed by atoms with Gasteiger partial charge in [-0.2, -0.15) is 0 Å². The van der Waals surface area contributed by atoms with E-state index in [2.05, 4.69) is 5.32 Å². The fourth-order valence-corrected chi connectivity index (χ4v) is 2.25. The number of para-hydroxylation sites is 1. The van der Waals surface area contributed by atoms with E-state index in [1.807, 2.05) is 20.8 Å². The molecule has 1 aromatic rings. The lowest BCUT2D eigenvalue weighted by molar-refractivity contribution is -0.232. The zero-order valence-electron chi connectivity index (χ0n) is 14.5. The maximum atomic E-state index is 11.5. The van der Waals surface area contributed by atoms with Gasteiger partial charge in [0.05, 0.1) is 22.0 Å². The first-order valence-electron chi connectivity index (χ1n) is 7.61. The number of halogens is 1. The van der Waals surface area contributed by atoms with Crippen LogP contribution in [-0.2, 0) is 4.74 Å². The molecule has 7 heteroatoms. The normalized spacial score (nSPS) is 13.3. The number of aliphatic hydroxyl groups excluding tert-OH is 1. The molecule has 0 bridgehead atoms. The Kier molecular flexibility index (Phi) is 7.57. The van der Waals surface area contributed by atoms with Crippen molar-refractivity contribution in [3.63, 3.8) is 0 Å². The van der Waals surface area contributed by atoms with Gasteiger partial charge in [0.1, 0.15) is 0 Å². The monoisotopic (exact) mass is 344 g/mol. The third kappa shape index (κ3) is 6.93. The SMILES string of the molecule is CN([O-])c1cccc(Cl)c1NCCCN(C)C(O)OC(C)(C)C. The third-order valence-corrected chi connectivity index (χ3v) is 3.47. The van der Waals surface area contributed by atoms with Crippen LogP contribution in [0.25, 0.3) is 0 Å². The van der Waals surface area contributed by atoms with Gasteiger partial charge in [-0.25, -0.2) is 0 Å². The Morgan fingerprint density at radius 2 is 2.00 bits per heavy atom. The van der Waals surface area contributed by atoms with Crippen LogP contribution in [0.3, 0.4) is 0 Å². The Morgan fingerprint density at radius 1 is 1.35 bits per heavy atom. The van der Waals surface area contributed by atoms with Crippen molar-refractivity contribution in [2.24, 2.45) is 0 Å². The molecule has 132 valence electrons. The minimum atomic E-state index is -0.946. The summed E-state index contributed by atoms with van der Waals surface area (Å²) < 4.78 is 5.48. The molecule has 1 aromatic carbocycles. The number of hydrogen-bond acceptors (Lipinski definition) is 6. The van der Waals surface area contributed by atoms with Crippen molar-refractivity contribution in [1.82, 2.24) is 4.90 Å². The number of rotatable bonds is 8. The number of hydrogen-bond donors (Lipinski definition) is 2. The molecule has 0 aliphatic heterocycles. The van der Waals surface area contributed by atoms with Gasteiger partial charge in [0, 0.05) is 13.1 Å². The van der Waals surface area contributed by atoms with Gasteiger partial charge in [0.2, 0.25) is 6.41 Å². The zero-order chi connectivity index (χ0) is 17.6. The van der Waals surface area contributed by atoms with Gasteiger partial charge in [-0.1, -0.05) is 17.7 Å². The van der Waals surface area contributed by atoms with Crippen LogP contribution >= 0.6 is 11.6 Å².